The second-order valence-electron chi connectivity index (χ2n) is 2.61. The van der Waals surface area contributed by atoms with Crippen molar-refractivity contribution in [3.63, 3.8) is 0 Å². The molecule has 0 saturated heterocycles. The number of hydrogen-bond acceptors (Lipinski definition) is 4. The number of halogens is 1. The van der Waals surface area contributed by atoms with Crippen LogP contribution in [0.2, 0.25) is 0 Å². The van der Waals surface area contributed by atoms with Gasteiger partial charge >= 0.3 is 0 Å². The number of nitrogens with one attached hydrogen (secondary N) is 1. The topological polar surface area (TPSA) is 98.3 Å². The van der Waals surface area contributed by atoms with Crippen LogP contribution in [0.5, 0.6) is 0 Å². The molecule has 0 amide bonds. The number of nitrogens with zero attached hydrogens (tertiary/aromatic N) is 2. The summed E-state index contributed by atoms with van der Waals surface area (Å²) in [4.78, 5) is 19.8. The van der Waals surface area contributed by atoms with Gasteiger partial charge in [0.2, 0.25) is 0 Å². The summed E-state index contributed by atoms with van der Waals surface area (Å²) in [5, 5.41) is 19.7. The minimum Gasteiger partial charge on any atom is -0.258 e. The highest BCUT2D eigenvalue weighted by atomic mass is 19.1. The fraction of sp³-hybridized carbons (Fsp3) is 0.143. The first-order valence-electron chi connectivity index (χ1n) is 3.79. The van der Waals surface area contributed by atoms with E-state index in [9.17, 15) is 24.6 Å². The van der Waals surface area contributed by atoms with Crippen molar-refractivity contribution in [2.45, 2.75) is 6.67 Å². The number of hydrazine groups is 1. The summed E-state index contributed by atoms with van der Waals surface area (Å²) in [6.45, 7) is -0.862. The molecule has 1 aromatic carbocycles. The molecule has 0 fully saturated rings. The molecule has 0 aliphatic carbocycles. The van der Waals surface area contributed by atoms with Crippen LogP contribution in [0.25, 0.3) is 0 Å². The first-order valence-corrected chi connectivity index (χ1v) is 3.79. The second kappa shape index (κ2) is 4.31. The summed E-state index contributed by atoms with van der Waals surface area (Å²) in [5.74, 6) is 0. The van der Waals surface area contributed by atoms with Gasteiger partial charge in [0, 0.05) is 6.07 Å². The summed E-state index contributed by atoms with van der Waals surface area (Å²) in [6.07, 6.45) is 0. The average molecular weight is 215 g/mol. The molecule has 15 heavy (non-hydrogen) atoms. The Balaban J connectivity index is 3.15. The van der Waals surface area contributed by atoms with E-state index in [1.165, 1.54) is 6.07 Å². The van der Waals surface area contributed by atoms with Gasteiger partial charge in [0.15, 0.2) is 10.7 Å². The Morgan fingerprint density at radius 1 is 1.33 bits per heavy atom. The van der Waals surface area contributed by atoms with E-state index < -0.39 is 22.3 Å². The molecule has 0 aromatic heterocycles. The maximum atomic E-state index is 12.2. The first kappa shape index (κ1) is 10.8. The average Bonchev–Trinajstić information content (AvgIpc) is 2.17. The number of alkyl halides is 1. The van der Waals surface area contributed by atoms with E-state index in [0.717, 1.165) is 12.1 Å². The van der Waals surface area contributed by atoms with Gasteiger partial charge in [-0.3, -0.25) is 10.1 Å². The normalized spacial score (nSPS) is 9.67. The van der Waals surface area contributed by atoms with Gasteiger partial charge in [0.05, 0.1) is 4.92 Å². The minimum absolute atomic E-state index is 0.0931. The molecular formula is C7H6FN3O4. The number of rotatable bonds is 4. The lowest BCUT2D eigenvalue weighted by Crippen LogP contribution is -2.09. The van der Waals surface area contributed by atoms with E-state index in [0.29, 0.717) is 0 Å². The molecule has 80 valence electrons. The van der Waals surface area contributed by atoms with Gasteiger partial charge in [-0.1, -0.05) is 6.07 Å². The monoisotopic (exact) mass is 215 g/mol. The number of nitro groups is 2. The van der Waals surface area contributed by atoms with Crippen molar-refractivity contribution < 1.29 is 14.3 Å². The van der Waals surface area contributed by atoms with Crippen LogP contribution in [0, 0.1) is 20.2 Å². The Kier molecular flexibility index (Phi) is 3.11. The standard InChI is InChI=1S/C7H6FN3O4/c8-4-5-1-2-6(9-11(14)15)7(3-5)10(12)13/h1-3,9H,4H2. The van der Waals surface area contributed by atoms with Gasteiger partial charge in [0.25, 0.3) is 5.69 Å². The van der Waals surface area contributed by atoms with Crippen LogP contribution < -0.4 is 5.43 Å². The van der Waals surface area contributed by atoms with Gasteiger partial charge in [0.1, 0.15) is 6.67 Å². The van der Waals surface area contributed by atoms with Crippen molar-refractivity contribution in [3.05, 3.63) is 44.0 Å². The molecule has 0 saturated carbocycles. The molecule has 0 heterocycles. The quantitative estimate of drug-likeness (QED) is 0.608. The van der Waals surface area contributed by atoms with Gasteiger partial charge in [-0.2, -0.15) is 0 Å². The first-order chi connectivity index (χ1) is 7.04. The Labute approximate surface area is 82.8 Å². The predicted molar refractivity (Wildman–Crippen MR) is 48.5 cm³/mol. The molecule has 0 unspecified atom stereocenters. The zero-order valence-corrected chi connectivity index (χ0v) is 7.34. The fourth-order valence-electron chi connectivity index (χ4n) is 1.00. The molecule has 0 radical (unpaired) electrons. The lowest BCUT2D eigenvalue weighted by Gasteiger charge is -2.00. The smallest absolute Gasteiger partial charge is 0.258 e. The Hall–Kier alpha value is -2.25. The lowest BCUT2D eigenvalue weighted by atomic mass is 10.2. The molecular weight excluding hydrogens is 209 g/mol. The largest absolute Gasteiger partial charge is 0.298 e. The van der Waals surface area contributed by atoms with Gasteiger partial charge < -0.3 is 0 Å². The predicted octanol–water partition coefficient (Wildman–Crippen LogP) is 1.67. The number of anilines is 1. The van der Waals surface area contributed by atoms with E-state index >= 15 is 0 Å². The van der Waals surface area contributed by atoms with Crippen molar-refractivity contribution in [1.82, 2.24) is 0 Å². The Bertz CT molecular complexity index is 409. The van der Waals surface area contributed by atoms with Crippen molar-refractivity contribution in [2.75, 3.05) is 5.43 Å². The third-order valence-electron chi connectivity index (χ3n) is 1.62. The van der Waals surface area contributed by atoms with E-state index in [4.69, 9.17) is 0 Å². The Morgan fingerprint density at radius 3 is 2.47 bits per heavy atom. The summed E-state index contributed by atoms with van der Waals surface area (Å²) in [6, 6.07) is 3.28. The van der Waals surface area contributed by atoms with Crippen molar-refractivity contribution in [2.24, 2.45) is 0 Å². The summed E-state index contributed by atoms with van der Waals surface area (Å²) in [5.41, 5.74) is 0.955. The Morgan fingerprint density at radius 2 is 2.00 bits per heavy atom. The van der Waals surface area contributed by atoms with Crippen LogP contribution >= 0.6 is 0 Å². The van der Waals surface area contributed by atoms with Crippen molar-refractivity contribution in [1.29, 1.82) is 0 Å². The molecule has 0 aliphatic rings. The summed E-state index contributed by atoms with van der Waals surface area (Å²) >= 11 is 0. The summed E-state index contributed by atoms with van der Waals surface area (Å²) in [7, 11) is 0. The molecule has 7 nitrogen and oxygen atoms in total. The minimum atomic E-state index is -0.919. The molecule has 1 aromatic rings. The summed E-state index contributed by atoms with van der Waals surface area (Å²) < 4.78 is 12.2. The molecule has 0 spiro atoms. The highest BCUT2D eigenvalue weighted by molar-refractivity contribution is 5.61. The SMILES string of the molecule is O=[N+]([O-])Nc1ccc(CF)cc1[N+](=O)[O-]. The van der Waals surface area contributed by atoms with Gasteiger partial charge in [-0.15, -0.1) is 5.43 Å². The van der Waals surface area contributed by atoms with Gasteiger partial charge in [-0.05, 0) is 11.6 Å². The number of benzene rings is 1. The van der Waals surface area contributed by atoms with Crippen LogP contribution in [0.4, 0.5) is 15.8 Å². The van der Waals surface area contributed by atoms with Crippen LogP contribution in [0.1, 0.15) is 5.56 Å². The van der Waals surface area contributed by atoms with Crippen LogP contribution in [-0.4, -0.2) is 9.96 Å². The maximum absolute atomic E-state index is 12.2. The highest BCUT2D eigenvalue weighted by Crippen LogP contribution is 2.25. The zero-order valence-electron chi connectivity index (χ0n) is 7.34. The van der Waals surface area contributed by atoms with Gasteiger partial charge in [-0.25, -0.2) is 14.5 Å². The molecule has 0 aliphatic heterocycles. The highest BCUT2D eigenvalue weighted by Gasteiger charge is 2.17. The van der Waals surface area contributed by atoms with Crippen LogP contribution in [0.15, 0.2) is 18.2 Å². The van der Waals surface area contributed by atoms with E-state index in [1.807, 2.05) is 0 Å². The fourth-order valence-corrected chi connectivity index (χ4v) is 1.00. The third kappa shape index (κ3) is 2.59. The van der Waals surface area contributed by atoms with E-state index in [-0.39, 0.29) is 11.3 Å². The molecule has 1 N–H and O–H groups in total. The third-order valence-corrected chi connectivity index (χ3v) is 1.62. The zero-order chi connectivity index (χ0) is 11.4. The van der Waals surface area contributed by atoms with Crippen molar-refractivity contribution >= 4 is 11.4 Å². The molecule has 1 rings (SSSR count). The van der Waals surface area contributed by atoms with E-state index in [1.54, 1.807) is 5.43 Å². The number of nitro benzene ring substituents is 1. The maximum Gasteiger partial charge on any atom is 0.298 e. The lowest BCUT2D eigenvalue weighted by molar-refractivity contribution is -0.447. The molecule has 0 bridgehead atoms. The van der Waals surface area contributed by atoms with E-state index in [2.05, 4.69) is 0 Å². The van der Waals surface area contributed by atoms with Crippen LogP contribution in [0.3, 0.4) is 0 Å². The second-order valence-corrected chi connectivity index (χ2v) is 2.61. The molecule has 0 atom stereocenters. The van der Waals surface area contributed by atoms with Crippen molar-refractivity contribution in [3.8, 4) is 0 Å². The molecule has 8 heteroatoms. The number of hydrogen-bond donors (Lipinski definition) is 1. The van der Waals surface area contributed by atoms with Crippen LogP contribution in [-0.2, 0) is 6.67 Å².